The Morgan fingerprint density at radius 1 is 1.43 bits per heavy atom. The molecule has 1 aromatic heterocycles. The molecule has 0 saturated carbocycles. The van der Waals surface area contributed by atoms with Gasteiger partial charge in [-0.05, 0) is 6.42 Å². The molecule has 1 nitrogen and oxygen atoms in total. The Bertz CT molecular complexity index is 348. The molecule has 14 heavy (non-hydrogen) atoms. The molecule has 1 heterocycles. The number of rotatable bonds is 1. The van der Waals surface area contributed by atoms with Crippen molar-refractivity contribution >= 4 is 11.6 Å². The Balaban J connectivity index is 3.40. The zero-order valence-electron chi connectivity index (χ0n) is 7.12. The summed E-state index contributed by atoms with van der Waals surface area (Å²) in [5.41, 5.74) is -1.58. The van der Waals surface area contributed by atoms with E-state index in [9.17, 15) is 17.6 Å². The van der Waals surface area contributed by atoms with E-state index < -0.39 is 22.7 Å². The highest BCUT2D eigenvalue weighted by Crippen LogP contribution is 2.36. The van der Waals surface area contributed by atoms with Crippen LogP contribution in [0.1, 0.15) is 18.1 Å². The monoisotopic (exact) mass is 227 g/mol. The van der Waals surface area contributed by atoms with Crippen molar-refractivity contribution in [2.75, 3.05) is 0 Å². The molecule has 0 aliphatic carbocycles. The molecule has 6 heteroatoms. The molecule has 0 bridgehead atoms. The Labute approximate surface area is 82.7 Å². The maximum absolute atomic E-state index is 13.2. The number of halogens is 5. The van der Waals surface area contributed by atoms with Crippen molar-refractivity contribution in [2.24, 2.45) is 0 Å². The van der Waals surface area contributed by atoms with Crippen LogP contribution in [0.2, 0.25) is 5.15 Å². The molecule has 0 unspecified atom stereocenters. The van der Waals surface area contributed by atoms with Gasteiger partial charge < -0.3 is 0 Å². The summed E-state index contributed by atoms with van der Waals surface area (Å²) in [5, 5.41) is -0.854. The molecule has 1 aromatic rings. The van der Waals surface area contributed by atoms with Crippen molar-refractivity contribution in [3.05, 3.63) is 28.3 Å². The summed E-state index contributed by atoms with van der Waals surface area (Å²) < 4.78 is 50.0. The van der Waals surface area contributed by atoms with E-state index in [4.69, 9.17) is 11.6 Å². The topological polar surface area (TPSA) is 12.9 Å². The van der Waals surface area contributed by atoms with Crippen LogP contribution >= 0.6 is 11.6 Å². The summed E-state index contributed by atoms with van der Waals surface area (Å²) in [6.45, 7) is 1.54. The van der Waals surface area contributed by atoms with Gasteiger partial charge in [-0.25, -0.2) is 9.37 Å². The molecular weight excluding hydrogens is 222 g/mol. The third-order valence-electron chi connectivity index (χ3n) is 1.71. The highest BCUT2D eigenvalue weighted by Gasteiger charge is 2.38. The van der Waals surface area contributed by atoms with Crippen LogP contribution in [-0.4, -0.2) is 4.98 Å². The van der Waals surface area contributed by atoms with E-state index in [1.165, 1.54) is 6.92 Å². The highest BCUT2D eigenvalue weighted by molar-refractivity contribution is 6.30. The molecular formula is C8H6ClF4N. The van der Waals surface area contributed by atoms with E-state index in [-0.39, 0.29) is 12.0 Å². The molecule has 0 N–H and O–H groups in total. The minimum absolute atomic E-state index is 0.0956. The number of hydrogen-bond donors (Lipinski definition) is 0. The standard InChI is InChI=1S/C8H6ClF4N/c1-2-4-3-14-7(9)5(6(4)10)8(11,12)13/h3H,2H2,1H3. The third kappa shape index (κ3) is 1.97. The molecule has 0 fully saturated rings. The van der Waals surface area contributed by atoms with Crippen molar-refractivity contribution in [1.29, 1.82) is 0 Å². The van der Waals surface area contributed by atoms with E-state index in [1.54, 1.807) is 0 Å². The average Bonchev–Trinajstić information content (AvgIpc) is 2.02. The largest absolute Gasteiger partial charge is 0.422 e. The lowest BCUT2D eigenvalue weighted by Gasteiger charge is -2.11. The second kappa shape index (κ2) is 3.73. The smallest absolute Gasteiger partial charge is 0.243 e. The summed E-state index contributed by atoms with van der Waals surface area (Å²) in [6.07, 6.45) is -3.66. The van der Waals surface area contributed by atoms with Gasteiger partial charge in [0.25, 0.3) is 0 Å². The lowest BCUT2D eigenvalue weighted by atomic mass is 10.1. The fraction of sp³-hybridized carbons (Fsp3) is 0.375. The van der Waals surface area contributed by atoms with E-state index in [0.29, 0.717) is 0 Å². The molecule has 0 atom stereocenters. The van der Waals surface area contributed by atoms with E-state index in [0.717, 1.165) is 6.20 Å². The number of alkyl halides is 3. The van der Waals surface area contributed by atoms with Gasteiger partial charge in [0.15, 0.2) is 0 Å². The van der Waals surface area contributed by atoms with E-state index in [2.05, 4.69) is 4.98 Å². The maximum atomic E-state index is 13.2. The molecule has 0 aliphatic heterocycles. The van der Waals surface area contributed by atoms with E-state index >= 15 is 0 Å². The van der Waals surface area contributed by atoms with Gasteiger partial charge in [0.1, 0.15) is 16.5 Å². The summed E-state index contributed by atoms with van der Waals surface area (Å²) in [5.74, 6) is -1.33. The van der Waals surface area contributed by atoms with Crippen LogP contribution in [0.5, 0.6) is 0 Å². The summed E-state index contributed by atoms with van der Waals surface area (Å²) in [4.78, 5) is 3.28. The van der Waals surface area contributed by atoms with Crippen molar-refractivity contribution < 1.29 is 17.6 Å². The maximum Gasteiger partial charge on any atom is 0.422 e. The summed E-state index contributed by atoms with van der Waals surface area (Å²) in [7, 11) is 0. The van der Waals surface area contributed by atoms with Crippen molar-refractivity contribution in [1.82, 2.24) is 4.98 Å². The molecule has 1 rings (SSSR count). The summed E-state index contributed by atoms with van der Waals surface area (Å²) >= 11 is 5.17. The third-order valence-corrected chi connectivity index (χ3v) is 1.99. The lowest BCUT2D eigenvalue weighted by molar-refractivity contribution is -0.140. The zero-order valence-corrected chi connectivity index (χ0v) is 7.88. The number of pyridine rings is 1. The zero-order chi connectivity index (χ0) is 10.9. The van der Waals surface area contributed by atoms with Crippen LogP contribution < -0.4 is 0 Å². The van der Waals surface area contributed by atoms with Gasteiger partial charge in [-0.3, -0.25) is 0 Å². The van der Waals surface area contributed by atoms with Crippen LogP contribution in [-0.2, 0) is 12.6 Å². The Morgan fingerprint density at radius 3 is 2.43 bits per heavy atom. The average molecular weight is 228 g/mol. The molecule has 0 amide bonds. The van der Waals surface area contributed by atoms with Crippen molar-refractivity contribution in [3.63, 3.8) is 0 Å². The predicted octanol–water partition coefficient (Wildman–Crippen LogP) is 3.46. The van der Waals surface area contributed by atoms with Crippen LogP contribution in [0.4, 0.5) is 17.6 Å². The second-order valence-electron chi connectivity index (χ2n) is 2.61. The van der Waals surface area contributed by atoms with Gasteiger partial charge in [-0.1, -0.05) is 18.5 Å². The van der Waals surface area contributed by atoms with Crippen LogP contribution in [0.15, 0.2) is 6.20 Å². The van der Waals surface area contributed by atoms with Crippen molar-refractivity contribution in [2.45, 2.75) is 19.5 Å². The first-order chi connectivity index (χ1) is 6.38. The van der Waals surface area contributed by atoms with Gasteiger partial charge in [0.2, 0.25) is 0 Å². The Hall–Kier alpha value is -0.840. The van der Waals surface area contributed by atoms with Crippen LogP contribution in [0.25, 0.3) is 0 Å². The quantitative estimate of drug-likeness (QED) is 0.529. The van der Waals surface area contributed by atoms with Gasteiger partial charge in [0.05, 0.1) is 0 Å². The van der Waals surface area contributed by atoms with Gasteiger partial charge in [0, 0.05) is 11.8 Å². The number of aryl methyl sites for hydroxylation is 1. The molecule has 0 aromatic carbocycles. The SMILES string of the molecule is CCc1cnc(Cl)c(C(F)(F)F)c1F. The van der Waals surface area contributed by atoms with Gasteiger partial charge >= 0.3 is 6.18 Å². The Morgan fingerprint density at radius 2 is 2.00 bits per heavy atom. The lowest BCUT2D eigenvalue weighted by Crippen LogP contribution is -2.12. The minimum Gasteiger partial charge on any atom is -0.243 e. The first-order valence-electron chi connectivity index (χ1n) is 3.78. The van der Waals surface area contributed by atoms with Gasteiger partial charge in [-0.2, -0.15) is 13.2 Å². The summed E-state index contributed by atoms with van der Waals surface area (Å²) in [6, 6.07) is 0. The first-order valence-corrected chi connectivity index (χ1v) is 4.15. The first kappa shape index (κ1) is 11.2. The van der Waals surface area contributed by atoms with E-state index in [1.807, 2.05) is 0 Å². The molecule has 78 valence electrons. The molecule has 0 saturated heterocycles. The Kier molecular flexibility index (Phi) is 2.99. The van der Waals surface area contributed by atoms with Gasteiger partial charge in [-0.15, -0.1) is 0 Å². The molecule has 0 aliphatic rings. The van der Waals surface area contributed by atoms with Crippen LogP contribution in [0.3, 0.4) is 0 Å². The number of aromatic nitrogens is 1. The molecule has 0 radical (unpaired) electrons. The number of hydrogen-bond acceptors (Lipinski definition) is 1. The fourth-order valence-electron chi connectivity index (χ4n) is 0.995. The normalized spacial score (nSPS) is 11.9. The fourth-order valence-corrected chi connectivity index (χ4v) is 1.23. The highest BCUT2D eigenvalue weighted by atomic mass is 35.5. The predicted molar refractivity (Wildman–Crippen MR) is 43.6 cm³/mol. The molecule has 0 spiro atoms. The second-order valence-corrected chi connectivity index (χ2v) is 2.97. The van der Waals surface area contributed by atoms with Crippen LogP contribution in [0, 0.1) is 5.82 Å². The van der Waals surface area contributed by atoms with Crippen molar-refractivity contribution in [3.8, 4) is 0 Å². The number of nitrogens with zero attached hydrogens (tertiary/aromatic N) is 1. The minimum atomic E-state index is -4.81.